The Morgan fingerprint density at radius 2 is 1.50 bits per heavy atom. The highest BCUT2D eigenvalue weighted by Gasteiger charge is 2.18. The fourth-order valence-electron chi connectivity index (χ4n) is 2.30. The molecule has 3 aromatic carbocycles. The second-order valence-corrected chi connectivity index (χ2v) is 6.05. The Bertz CT molecular complexity index is 1000. The molecule has 2 N–H and O–H groups in total. The van der Waals surface area contributed by atoms with Crippen LogP contribution < -0.4 is 9.50 Å². The molecule has 0 saturated heterocycles. The maximum atomic E-state index is 12.5. The van der Waals surface area contributed by atoms with Gasteiger partial charge in [-0.3, -0.25) is 9.35 Å². The Kier molecular flexibility index (Phi) is 4.20. The van der Waals surface area contributed by atoms with Gasteiger partial charge in [0.2, 0.25) is 0 Å². The number of rotatable bonds is 4. The number of hydrogen-bond donors (Lipinski definition) is 2. The van der Waals surface area contributed by atoms with Crippen LogP contribution in [0.4, 0.5) is 5.69 Å². The molecule has 0 atom stereocenters. The molecule has 0 aliphatic rings. The van der Waals surface area contributed by atoms with Gasteiger partial charge in [-0.15, -0.1) is 0 Å². The summed E-state index contributed by atoms with van der Waals surface area (Å²) in [5.74, 6) is -0.796. The molecule has 3 aromatic rings. The highest BCUT2D eigenvalue weighted by Crippen LogP contribution is 2.28. The van der Waals surface area contributed by atoms with Crippen molar-refractivity contribution in [2.75, 3.05) is 5.32 Å². The van der Waals surface area contributed by atoms with Crippen LogP contribution in [0.5, 0.6) is 5.75 Å². The summed E-state index contributed by atoms with van der Waals surface area (Å²) in [6.45, 7) is 0. The van der Waals surface area contributed by atoms with Crippen molar-refractivity contribution in [3.05, 3.63) is 72.3 Å². The summed E-state index contributed by atoms with van der Waals surface area (Å²) in [5, 5.41) is 4.06. The zero-order valence-corrected chi connectivity index (χ0v) is 13.2. The summed E-state index contributed by atoms with van der Waals surface area (Å²) in [6, 6.07) is 18.7. The van der Waals surface area contributed by atoms with E-state index in [9.17, 15) is 13.2 Å². The minimum Gasteiger partial charge on any atom is -0.361 e. The van der Waals surface area contributed by atoms with E-state index in [4.69, 9.17) is 4.55 Å². The van der Waals surface area contributed by atoms with E-state index in [1.54, 1.807) is 54.6 Å². The zero-order chi connectivity index (χ0) is 17.2. The van der Waals surface area contributed by atoms with E-state index < -0.39 is 16.3 Å². The number of fused-ring (bicyclic) bond motifs is 1. The number of anilines is 1. The van der Waals surface area contributed by atoms with Crippen LogP contribution in [0.2, 0.25) is 0 Å². The minimum atomic E-state index is -4.75. The molecule has 0 unspecified atom stereocenters. The molecule has 1 amide bonds. The number of hydrogen-bond acceptors (Lipinski definition) is 4. The summed E-state index contributed by atoms with van der Waals surface area (Å²) in [6.07, 6.45) is 0. The van der Waals surface area contributed by atoms with E-state index in [0.717, 1.165) is 5.39 Å². The van der Waals surface area contributed by atoms with E-state index in [2.05, 4.69) is 9.50 Å². The largest absolute Gasteiger partial charge is 0.446 e. The molecule has 0 aromatic heterocycles. The van der Waals surface area contributed by atoms with E-state index in [-0.39, 0.29) is 11.3 Å². The Morgan fingerprint density at radius 3 is 2.12 bits per heavy atom. The Morgan fingerprint density at radius 1 is 0.917 bits per heavy atom. The average molecular weight is 343 g/mol. The Labute approximate surface area is 138 Å². The molecule has 0 bridgehead atoms. The van der Waals surface area contributed by atoms with Gasteiger partial charge in [-0.05, 0) is 35.0 Å². The van der Waals surface area contributed by atoms with Crippen LogP contribution in [-0.4, -0.2) is 18.9 Å². The normalized spacial score (nSPS) is 11.2. The lowest BCUT2D eigenvalue weighted by Gasteiger charge is -2.11. The zero-order valence-electron chi connectivity index (χ0n) is 12.3. The minimum absolute atomic E-state index is 0.00446. The fourth-order valence-corrected chi connectivity index (χ4v) is 2.66. The van der Waals surface area contributed by atoms with E-state index in [1.807, 2.05) is 0 Å². The molecule has 122 valence electrons. The topological polar surface area (TPSA) is 92.7 Å². The average Bonchev–Trinajstić information content (AvgIpc) is 2.53. The molecule has 6 nitrogen and oxygen atoms in total. The highest BCUT2D eigenvalue weighted by molar-refractivity contribution is 7.81. The maximum absolute atomic E-state index is 12.5. The Balaban J connectivity index is 2.06. The van der Waals surface area contributed by atoms with Gasteiger partial charge in [-0.2, -0.15) is 8.42 Å². The molecule has 0 saturated carbocycles. The van der Waals surface area contributed by atoms with E-state index in [1.165, 1.54) is 12.1 Å². The molecule has 24 heavy (non-hydrogen) atoms. The van der Waals surface area contributed by atoms with Gasteiger partial charge >= 0.3 is 10.4 Å². The molecule has 7 heteroatoms. The number of benzene rings is 3. The van der Waals surface area contributed by atoms with Crippen LogP contribution in [0, 0.1) is 0 Å². The quantitative estimate of drug-likeness (QED) is 0.709. The first kappa shape index (κ1) is 16.0. The number of carbonyl (C=O) groups excluding carboxylic acids is 1. The monoisotopic (exact) mass is 343 g/mol. The third kappa shape index (κ3) is 3.70. The number of nitrogens with one attached hydrogen (secondary N) is 1. The summed E-state index contributed by atoms with van der Waals surface area (Å²) in [5.41, 5.74) is 0.545. The second kappa shape index (κ2) is 6.31. The van der Waals surface area contributed by atoms with Gasteiger partial charge in [0, 0.05) is 5.69 Å². The smallest absolute Gasteiger partial charge is 0.361 e. The first-order chi connectivity index (χ1) is 11.4. The van der Waals surface area contributed by atoms with Crippen LogP contribution >= 0.6 is 0 Å². The van der Waals surface area contributed by atoms with Crippen LogP contribution in [0.15, 0.2) is 66.7 Å². The van der Waals surface area contributed by atoms with Crippen molar-refractivity contribution < 1.29 is 21.9 Å². The van der Waals surface area contributed by atoms with Crippen LogP contribution in [-0.2, 0) is 10.4 Å². The lowest BCUT2D eigenvalue weighted by Crippen LogP contribution is -2.16. The van der Waals surface area contributed by atoms with Gasteiger partial charge in [0.15, 0.2) is 5.75 Å². The maximum Gasteiger partial charge on any atom is 0.446 e. The lowest BCUT2D eigenvalue weighted by atomic mass is 10.1. The van der Waals surface area contributed by atoms with Gasteiger partial charge in [0.05, 0.1) is 5.56 Å². The van der Waals surface area contributed by atoms with Crippen LogP contribution in [0.3, 0.4) is 0 Å². The third-order valence-corrected chi connectivity index (χ3v) is 3.71. The van der Waals surface area contributed by atoms with Crippen molar-refractivity contribution in [1.29, 1.82) is 0 Å². The van der Waals surface area contributed by atoms with Gasteiger partial charge in [0.1, 0.15) is 0 Å². The molecular formula is C17H13NO5S. The van der Waals surface area contributed by atoms with E-state index in [0.29, 0.717) is 11.1 Å². The van der Waals surface area contributed by atoms with Crippen molar-refractivity contribution in [3.8, 4) is 5.75 Å². The lowest BCUT2D eigenvalue weighted by molar-refractivity contribution is 0.102. The molecule has 0 aliphatic heterocycles. The molecule has 0 spiro atoms. The van der Waals surface area contributed by atoms with Gasteiger partial charge in [-0.25, -0.2) is 0 Å². The first-order valence-corrected chi connectivity index (χ1v) is 8.35. The van der Waals surface area contributed by atoms with E-state index >= 15 is 0 Å². The Hall–Kier alpha value is -2.90. The summed E-state index contributed by atoms with van der Waals surface area (Å²) in [4.78, 5) is 12.5. The second-order valence-electron chi connectivity index (χ2n) is 5.03. The summed E-state index contributed by atoms with van der Waals surface area (Å²) < 4.78 is 35.7. The predicted octanol–water partition coefficient (Wildman–Crippen LogP) is 3.27. The number of amides is 1. The van der Waals surface area contributed by atoms with Gasteiger partial charge in [-0.1, -0.05) is 42.5 Å². The van der Waals surface area contributed by atoms with Crippen LogP contribution in [0.1, 0.15) is 10.4 Å². The van der Waals surface area contributed by atoms with Crippen LogP contribution in [0.25, 0.3) is 10.8 Å². The van der Waals surface area contributed by atoms with Crippen molar-refractivity contribution >= 4 is 32.8 Å². The fraction of sp³-hybridized carbons (Fsp3) is 0. The SMILES string of the molecule is O=C(Nc1ccccc1)c1cc2ccccc2cc1OS(=O)(=O)O. The molecular weight excluding hydrogens is 330 g/mol. The molecule has 0 aliphatic carbocycles. The van der Waals surface area contributed by atoms with Crippen molar-refractivity contribution in [2.45, 2.75) is 0 Å². The first-order valence-electron chi connectivity index (χ1n) is 6.98. The van der Waals surface area contributed by atoms with Crippen molar-refractivity contribution in [1.82, 2.24) is 0 Å². The molecule has 3 rings (SSSR count). The van der Waals surface area contributed by atoms with Gasteiger partial charge < -0.3 is 9.50 Å². The standard InChI is InChI=1S/C17H13NO5S/c19-17(18-14-8-2-1-3-9-14)15-10-12-6-4-5-7-13(12)11-16(15)23-24(20,21)22/h1-11H,(H,18,19)(H,20,21,22). The predicted molar refractivity (Wildman–Crippen MR) is 90.5 cm³/mol. The number of para-hydroxylation sites is 1. The highest BCUT2D eigenvalue weighted by atomic mass is 32.3. The summed E-state index contributed by atoms with van der Waals surface area (Å²) in [7, 11) is -4.75. The molecule has 0 radical (unpaired) electrons. The third-order valence-electron chi connectivity index (χ3n) is 3.32. The van der Waals surface area contributed by atoms with Crippen molar-refractivity contribution in [2.24, 2.45) is 0 Å². The molecule has 0 heterocycles. The van der Waals surface area contributed by atoms with Gasteiger partial charge in [0.25, 0.3) is 5.91 Å². The molecule has 0 fully saturated rings. The summed E-state index contributed by atoms with van der Waals surface area (Å²) >= 11 is 0. The van der Waals surface area contributed by atoms with Crippen molar-refractivity contribution in [3.63, 3.8) is 0 Å². The number of carbonyl (C=O) groups is 1.